The lowest BCUT2D eigenvalue weighted by Crippen LogP contribution is -2.19. The fourth-order valence-corrected chi connectivity index (χ4v) is 5.06. The van der Waals surface area contributed by atoms with Gasteiger partial charge >= 0.3 is 6.36 Å². The molecule has 0 saturated carbocycles. The van der Waals surface area contributed by atoms with Gasteiger partial charge in [0.15, 0.2) is 11.5 Å². The molecule has 0 amide bonds. The van der Waals surface area contributed by atoms with Gasteiger partial charge < -0.3 is 14.2 Å². The van der Waals surface area contributed by atoms with Gasteiger partial charge in [-0.15, -0.1) is 13.2 Å². The lowest BCUT2D eigenvalue weighted by atomic mass is 9.97. The number of alkyl halides is 3. The van der Waals surface area contributed by atoms with Crippen molar-refractivity contribution in [2.75, 3.05) is 5.01 Å². The second kappa shape index (κ2) is 13.1. The van der Waals surface area contributed by atoms with E-state index >= 15 is 0 Å². The topological polar surface area (TPSA) is 43.3 Å². The Morgan fingerprint density at radius 2 is 1.29 bits per heavy atom. The van der Waals surface area contributed by atoms with Crippen LogP contribution in [0.5, 0.6) is 17.2 Å². The number of anilines is 1. The van der Waals surface area contributed by atoms with Crippen molar-refractivity contribution in [3.8, 4) is 17.2 Å². The lowest BCUT2D eigenvalue weighted by Gasteiger charge is -2.25. The molecule has 1 atom stereocenters. The summed E-state index contributed by atoms with van der Waals surface area (Å²) in [5, 5.41) is 6.58. The molecule has 1 heterocycles. The zero-order valence-electron chi connectivity index (χ0n) is 24.0. The van der Waals surface area contributed by atoms with E-state index in [1.54, 1.807) is 17.1 Å². The van der Waals surface area contributed by atoms with Gasteiger partial charge in [-0.25, -0.2) is 4.39 Å². The van der Waals surface area contributed by atoms with Gasteiger partial charge in [0.05, 0.1) is 17.4 Å². The Labute approximate surface area is 257 Å². The van der Waals surface area contributed by atoms with Crippen molar-refractivity contribution in [3.05, 3.63) is 155 Å². The number of halogens is 4. The summed E-state index contributed by atoms with van der Waals surface area (Å²) in [6.45, 7) is 0.667. The summed E-state index contributed by atoms with van der Waals surface area (Å²) >= 11 is 0. The van der Waals surface area contributed by atoms with E-state index in [1.807, 2.05) is 78.9 Å². The number of ether oxygens (including phenoxy) is 3. The SMILES string of the molecule is Fc1ccc(C2=NN(c3ccc(OC(F)(F)F)cc3)C(c3ccc(OCc4ccccc4)c(OCc4ccccc4)c3)C2)cc1. The standard InChI is InChI=1S/C36H28F4N2O3/c37-29-14-11-27(12-15-29)32-22-33(42(41-32)30-16-18-31(19-17-30)45-36(38,39)40)28-13-20-34(43-23-25-7-3-1-4-8-25)35(21-28)44-24-26-9-5-2-6-10-26/h1-21,33H,22-24H2. The molecule has 45 heavy (non-hydrogen) atoms. The van der Waals surface area contributed by atoms with E-state index in [1.165, 1.54) is 36.4 Å². The molecule has 1 aliphatic heterocycles. The monoisotopic (exact) mass is 612 g/mol. The molecule has 0 aliphatic carbocycles. The number of nitrogens with zero attached hydrogens (tertiary/aromatic N) is 2. The second-order valence-electron chi connectivity index (χ2n) is 10.4. The number of benzene rings is 5. The molecule has 5 aromatic carbocycles. The fourth-order valence-electron chi connectivity index (χ4n) is 5.06. The number of hydrogen-bond acceptors (Lipinski definition) is 5. The summed E-state index contributed by atoms with van der Waals surface area (Å²) in [6, 6.07) is 36.5. The molecule has 6 rings (SSSR count). The van der Waals surface area contributed by atoms with Crippen molar-refractivity contribution in [3.63, 3.8) is 0 Å². The lowest BCUT2D eigenvalue weighted by molar-refractivity contribution is -0.274. The molecule has 0 radical (unpaired) electrons. The van der Waals surface area contributed by atoms with E-state index in [2.05, 4.69) is 4.74 Å². The highest BCUT2D eigenvalue weighted by molar-refractivity contribution is 6.03. The average Bonchev–Trinajstić information content (AvgIpc) is 3.49. The Bertz CT molecular complexity index is 1740. The molecule has 228 valence electrons. The Balaban J connectivity index is 1.33. The largest absolute Gasteiger partial charge is 0.573 e. The maximum atomic E-state index is 13.7. The maximum absolute atomic E-state index is 13.7. The highest BCUT2D eigenvalue weighted by atomic mass is 19.4. The highest BCUT2D eigenvalue weighted by Gasteiger charge is 2.33. The fraction of sp³-hybridized carbons (Fsp3) is 0.139. The first kappa shape index (κ1) is 29.7. The van der Waals surface area contributed by atoms with Gasteiger partial charge in [-0.05, 0) is 70.8 Å². The predicted molar refractivity (Wildman–Crippen MR) is 164 cm³/mol. The van der Waals surface area contributed by atoms with Gasteiger partial charge in [-0.3, -0.25) is 5.01 Å². The summed E-state index contributed by atoms with van der Waals surface area (Å²) in [6.07, 6.45) is -4.35. The highest BCUT2D eigenvalue weighted by Crippen LogP contribution is 2.41. The van der Waals surface area contributed by atoms with E-state index in [0.29, 0.717) is 42.5 Å². The molecule has 0 fully saturated rings. The van der Waals surface area contributed by atoms with E-state index < -0.39 is 6.36 Å². The first-order valence-electron chi connectivity index (χ1n) is 14.3. The van der Waals surface area contributed by atoms with Gasteiger partial charge in [-0.2, -0.15) is 5.10 Å². The van der Waals surface area contributed by atoms with Crippen LogP contribution in [0.15, 0.2) is 132 Å². The molecular formula is C36H28F4N2O3. The number of hydrazone groups is 1. The van der Waals surface area contributed by atoms with Crippen molar-refractivity contribution in [2.45, 2.75) is 32.0 Å². The molecule has 5 aromatic rings. The summed E-state index contributed by atoms with van der Waals surface area (Å²) < 4.78 is 68.6. The summed E-state index contributed by atoms with van der Waals surface area (Å²) in [5.74, 6) is 0.409. The van der Waals surface area contributed by atoms with Crippen molar-refractivity contribution in [1.29, 1.82) is 0 Å². The van der Waals surface area contributed by atoms with Crippen LogP contribution in [0.2, 0.25) is 0 Å². The first-order chi connectivity index (χ1) is 21.8. The van der Waals surface area contributed by atoms with E-state index in [0.717, 1.165) is 22.3 Å². The third-order valence-electron chi connectivity index (χ3n) is 7.25. The van der Waals surface area contributed by atoms with Crippen molar-refractivity contribution in [2.24, 2.45) is 5.10 Å². The molecular weight excluding hydrogens is 584 g/mol. The van der Waals surface area contributed by atoms with Gasteiger partial charge in [0.25, 0.3) is 0 Å². The Hall–Kier alpha value is -5.31. The summed E-state index contributed by atoms with van der Waals surface area (Å²) in [5.41, 5.74) is 4.84. The minimum absolute atomic E-state index is 0.318. The van der Waals surface area contributed by atoms with Crippen LogP contribution in [0.3, 0.4) is 0 Å². The minimum atomic E-state index is -4.80. The van der Waals surface area contributed by atoms with Crippen LogP contribution in [0.25, 0.3) is 0 Å². The molecule has 0 spiro atoms. The zero-order chi connectivity index (χ0) is 31.2. The smallest absolute Gasteiger partial charge is 0.485 e. The Morgan fingerprint density at radius 1 is 0.689 bits per heavy atom. The molecule has 5 nitrogen and oxygen atoms in total. The third kappa shape index (κ3) is 7.62. The zero-order valence-corrected chi connectivity index (χ0v) is 24.0. The second-order valence-corrected chi connectivity index (χ2v) is 10.4. The van der Waals surface area contributed by atoms with Gasteiger partial charge in [0.2, 0.25) is 0 Å². The van der Waals surface area contributed by atoms with Crippen LogP contribution >= 0.6 is 0 Å². The predicted octanol–water partition coefficient (Wildman–Crippen LogP) is 9.24. The van der Waals surface area contributed by atoms with Gasteiger partial charge in [-0.1, -0.05) is 78.9 Å². The summed E-state index contributed by atoms with van der Waals surface area (Å²) in [4.78, 5) is 0. The van der Waals surface area contributed by atoms with E-state index in [4.69, 9.17) is 14.6 Å². The van der Waals surface area contributed by atoms with Crippen molar-refractivity contribution in [1.82, 2.24) is 0 Å². The third-order valence-corrected chi connectivity index (χ3v) is 7.25. The van der Waals surface area contributed by atoms with E-state index in [9.17, 15) is 17.6 Å². The maximum Gasteiger partial charge on any atom is 0.573 e. The Morgan fingerprint density at radius 3 is 1.89 bits per heavy atom. The molecule has 9 heteroatoms. The van der Waals surface area contributed by atoms with Crippen molar-refractivity contribution >= 4 is 11.4 Å². The molecule has 0 bridgehead atoms. The molecule has 0 aromatic heterocycles. The molecule has 0 saturated heterocycles. The van der Waals surface area contributed by atoms with E-state index in [-0.39, 0.29) is 17.6 Å². The van der Waals surface area contributed by atoms with Crippen LogP contribution < -0.4 is 19.2 Å². The minimum Gasteiger partial charge on any atom is -0.485 e. The van der Waals surface area contributed by atoms with Crippen LogP contribution in [0, 0.1) is 5.82 Å². The quantitative estimate of drug-likeness (QED) is 0.148. The van der Waals surface area contributed by atoms with Gasteiger partial charge in [0.1, 0.15) is 24.8 Å². The van der Waals surface area contributed by atoms with Crippen LogP contribution in [0.1, 0.15) is 34.7 Å². The average molecular weight is 613 g/mol. The summed E-state index contributed by atoms with van der Waals surface area (Å²) in [7, 11) is 0. The normalized spacial score (nSPS) is 14.6. The van der Waals surface area contributed by atoms with Crippen LogP contribution in [0.4, 0.5) is 23.2 Å². The van der Waals surface area contributed by atoms with Crippen LogP contribution in [-0.2, 0) is 13.2 Å². The van der Waals surface area contributed by atoms with Gasteiger partial charge in [0, 0.05) is 6.42 Å². The number of hydrogen-bond donors (Lipinski definition) is 0. The Kier molecular flexibility index (Phi) is 8.68. The molecule has 1 unspecified atom stereocenters. The van der Waals surface area contributed by atoms with Crippen molar-refractivity contribution < 1.29 is 31.8 Å². The molecule has 0 N–H and O–H groups in total. The molecule has 1 aliphatic rings. The van der Waals surface area contributed by atoms with Crippen LogP contribution in [-0.4, -0.2) is 12.1 Å². The first-order valence-corrected chi connectivity index (χ1v) is 14.3. The number of rotatable bonds is 10.